The highest BCUT2D eigenvalue weighted by molar-refractivity contribution is 5.91. The third-order valence-electron chi connectivity index (χ3n) is 7.54. The van der Waals surface area contributed by atoms with Crippen molar-refractivity contribution < 1.29 is 14.6 Å². The quantitative estimate of drug-likeness (QED) is 0.742. The molecule has 0 aromatic heterocycles. The highest BCUT2D eigenvalue weighted by Crippen LogP contribution is 2.66. The number of carbonyl (C=O) groups excluding carboxylic acids is 1. The summed E-state index contributed by atoms with van der Waals surface area (Å²) < 4.78 is 6.38. The molecule has 0 aromatic rings. The molecular formula is C20H32O3. The van der Waals surface area contributed by atoms with Gasteiger partial charge in [-0.05, 0) is 50.9 Å². The van der Waals surface area contributed by atoms with Crippen LogP contribution < -0.4 is 0 Å². The number of ether oxygens (including phenoxy) is 1. The van der Waals surface area contributed by atoms with Crippen LogP contribution in [0.15, 0.2) is 12.7 Å². The molecule has 0 radical (unpaired) electrons. The predicted molar refractivity (Wildman–Crippen MR) is 91.1 cm³/mol. The number of hydrogen-bond acceptors (Lipinski definition) is 3. The molecule has 0 spiro atoms. The van der Waals surface area contributed by atoms with Crippen LogP contribution in [0.4, 0.5) is 0 Å². The molecule has 5 atom stereocenters. The molecule has 1 aliphatic heterocycles. The highest BCUT2D eigenvalue weighted by atomic mass is 16.5. The van der Waals surface area contributed by atoms with Crippen molar-refractivity contribution >= 4 is 5.78 Å². The van der Waals surface area contributed by atoms with Gasteiger partial charge >= 0.3 is 0 Å². The summed E-state index contributed by atoms with van der Waals surface area (Å²) in [6.07, 6.45) is 6.78. The summed E-state index contributed by atoms with van der Waals surface area (Å²) in [5.74, 6) is 0.293. The van der Waals surface area contributed by atoms with Crippen LogP contribution in [0.3, 0.4) is 0 Å². The van der Waals surface area contributed by atoms with E-state index in [2.05, 4.69) is 27.4 Å². The van der Waals surface area contributed by atoms with Crippen molar-refractivity contribution in [2.45, 2.75) is 89.9 Å². The summed E-state index contributed by atoms with van der Waals surface area (Å²) in [6, 6.07) is 0. The Kier molecular flexibility index (Phi) is 3.50. The van der Waals surface area contributed by atoms with Gasteiger partial charge in [0, 0.05) is 11.8 Å². The van der Waals surface area contributed by atoms with Crippen LogP contribution in [0.25, 0.3) is 0 Å². The number of aliphatic hydroxyl groups is 1. The van der Waals surface area contributed by atoms with Crippen LogP contribution in [0.5, 0.6) is 0 Å². The molecule has 3 aliphatic rings. The Labute approximate surface area is 140 Å². The molecule has 23 heavy (non-hydrogen) atoms. The molecule has 130 valence electrons. The fraction of sp³-hybridized carbons (Fsp3) is 0.850. The molecule has 2 aliphatic carbocycles. The molecule has 0 amide bonds. The topological polar surface area (TPSA) is 46.5 Å². The summed E-state index contributed by atoms with van der Waals surface area (Å²) in [4.78, 5) is 13.2. The second-order valence-corrected chi connectivity index (χ2v) is 9.51. The fourth-order valence-corrected chi connectivity index (χ4v) is 6.32. The number of ketones is 1. The molecule has 3 rings (SSSR count). The van der Waals surface area contributed by atoms with E-state index in [0.717, 1.165) is 25.7 Å². The van der Waals surface area contributed by atoms with Crippen molar-refractivity contribution in [1.82, 2.24) is 0 Å². The standard InChI is InChI=1S/C20H32O3/c1-7-17(4)13-15(21)20(22)18(5)11-8-10-16(2,3)14(18)9-12-19(20,6)23-17/h7,14,22H,1,8-13H2,2-6H3/t14-,17-,18-,19+,20-/m0/s1. The minimum atomic E-state index is -1.40. The maximum Gasteiger partial charge on any atom is 0.171 e. The van der Waals surface area contributed by atoms with Crippen molar-refractivity contribution in [3.8, 4) is 0 Å². The molecule has 0 bridgehead atoms. The van der Waals surface area contributed by atoms with Crippen molar-refractivity contribution in [3.05, 3.63) is 12.7 Å². The van der Waals surface area contributed by atoms with Gasteiger partial charge in [0.05, 0.1) is 5.60 Å². The maximum absolute atomic E-state index is 13.2. The van der Waals surface area contributed by atoms with Crippen LogP contribution in [0, 0.1) is 16.7 Å². The molecule has 0 unspecified atom stereocenters. The van der Waals surface area contributed by atoms with Crippen LogP contribution in [0.2, 0.25) is 0 Å². The number of rotatable bonds is 1. The third-order valence-corrected chi connectivity index (χ3v) is 7.54. The monoisotopic (exact) mass is 320 g/mol. The average molecular weight is 320 g/mol. The largest absolute Gasteiger partial charge is 0.378 e. The van der Waals surface area contributed by atoms with Gasteiger partial charge in [-0.3, -0.25) is 4.79 Å². The minimum absolute atomic E-state index is 0.0569. The van der Waals surface area contributed by atoms with Gasteiger partial charge in [-0.25, -0.2) is 0 Å². The number of fused-ring (bicyclic) bond motifs is 3. The zero-order chi connectivity index (χ0) is 17.3. The van der Waals surface area contributed by atoms with Crippen molar-refractivity contribution in [2.24, 2.45) is 16.7 Å². The number of hydrogen-bond donors (Lipinski definition) is 1. The number of Topliss-reactive ketones (excluding diaryl/α,β-unsaturated/α-hetero) is 1. The van der Waals surface area contributed by atoms with Crippen LogP contribution in [-0.2, 0) is 9.53 Å². The molecule has 2 saturated carbocycles. The summed E-state index contributed by atoms with van der Waals surface area (Å²) in [5.41, 5.74) is -3.16. The first-order valence-electron chi connectivity index (χ1n) is 9.04. The lowest BCUT2D eigenvalue weighted by atomic mass is 9.42. The lowest BCUT2D eigenvalue weighted by Crippen LogP contribution is -2.77. The van der Waals surface area contributed by atoms with Gasteiger partial charge in [0.15, 0.2) is 11.4 Å². The number of carbonyl (C=O) groups is 1. The van der Waals surface area contributed by atoms with Crippen molar-refractivity contribution in [1.29, 1.82) is 0 Å². The Morgan fingerprint density at radius 1 is 1.17 bits per heavy atom. The van der Waals surface area contributed by atoms with E-state index in [1.165, 1.54) is 6.42 Å². The lowest BCUT2D eigenvalue weighted by Gasteiger charge is -2.67. The molecule has 3 nitrogen and oxygen atoms in total. The van der Waals surface area contributed by atoms with E-state index in [0.29, 0.717) is 5.92 Å². The first-order chi connectivity index (χ1) is 10.4. The first-order valence-corrected chi connectivity index (χ1v) is 9.04. The first kappa shape index (κ1) is 17.2. The van der Waals surface area contributed by atoms with E-state index in [4.69, 9.17) is 4.74 Å². The van der Waals surface area contributed by atoms with E-state index in [1.807, 2.05) is 13.8 Å². The van der Waals surface area contributed by atoms with E-state index >= 15 is 0 Å². The van der Waals surface area contributed by atoms with Gasteiger partial charge in [-0.15, -0.1) is 6.58 Å². The van der Waals surface area contributed by atoms with Crippen LogP contribution in [0.1, 0.15) is 73.1 Å². The van der Waals surface area contributed by atoms with Crippen LogP contribution in [-0.4, -0.2) is 27.7 Å². The highest BCUT2D eigenvalue weighted by Gasteiger charge is 2.73. The molecule has 3 heteroatoms. The van der Waals surface area contributed by atoms with Gasteiger partial charge < -0.3 is 9.84 Å². The SMILES string of the molecule is C=C[C@@]1(C)CC(=O)[C@@]2(O)[C@@](C)(CC[C@H]3C(C)(C)CCC[C@@]32C)O1. The van der Waals surface area contributed by atoms with E-state index < -0.39 is 22.2 Å². The van der Waals surface area contributed by atoms with Gasteiger partial charge in [-0.1, -0.05) is 33.3 Å². The minimum Gasteiger partial charge on any atom is -0.378 e. The fourth-order valence-electron chi connectivity index (χ4n) is 6.32. The zero-order valence-corrected chi connectivity index (χ0v) is 15.4. The van der Waals surface area contributed by atoms with Gasteiger partial charge in [0.1, 0.15) is 5.60 Å². The predicted octanol–water partition coefficient (Wildman–Crippen LogP) is 4.04. The average Bonchev–Trinajstić information content (AvgIpc) is 2.42. The van der Waals surface area contributed by atoms with E-state index in [-0.39, 0.29) is 17.6 Å². The maximum atomic E-state index is 13.2. The Balaban J connectivity index is 2.12. The Morgan fingerprint density at radius 3 is 2.43 bits per heavy atom. The smallest absolute Gasteiger partial charge is 0.171 e. The van der Waals surface area contributed by atoms with Crippen molar-refractivity contribution in [2.75, 3.05) is 0 Å². The second-order valence-electron chi connectivity index (χ2n) is 9.51. The third kappa shape index (κ3) is 1.99. The van der Waals surface area contributed by atoms with Gasteiger partial charge in [-0.2, -0.15) is 0 Å². The normalized spacial score (nSPS) is 52.4. The summed E-state index contributed by atoms with van der Waals surface area (Å²) in [5, 5.41) is 11.8. The Morgan fingerprint density at radius 2 is 1.83 bits per heavy atom. The summed E-state index contributed by atoms with van der Waals surface area (Å²) in [7, 11) is 0. The molecular weight excluding hydrogens is 288 g/mol. The van der Waals surface area contributed by atoms with E-state index in [9.17, 15) is 9.90 Å². The molecule has 1 heterocycles. The Hall–Kier alpha value is -0.670. The summed E-state index contributed by atoms with van der Waals surface area (Å²) in [6.45, 7) is 14.4. The molecule has 0 aromatic carbocycles. The van der Waals surface area contributed by atoms with Crippen molar-refractivity contribution in [3.63, 3.8) is 0 Å². The Bertz CT molecular complexity index is 553. The van der Waals surface area contributed by atoms with Gasteiger partial charge in [0.25, 0.3) is 0 Å². The molecule has 3 fully saturated rings. The molecule has 1 saturated heterocycles. The lowest BCUT2D eigenvalue weighted by molar-refractivity contribution is -0.307. The van der Waals surface area contributed by atoms with Crippen LogP contribution >= 0.6 is 0 Å². The molecule has 1 N–H and O–H groups in total. The van der Waals surface area contributed by atoms with Gasteiger partial charge in [0.2, 0.25) is 0 Å². The second kappa shape index (κ2) is 4.70. The van der Waals surface area contributed by atoms with E-state index in [1.54, 1.807) is 6.08 Å². The summed E-state index contributed by atoms with van der Waals surface area (Å²) >= 11 is 0. The zero-order valence-electron chi connectivity index (χ0n) is 15.4.